The largest absolute Gasteiger partial charge is 0.357 e. The minimum atomic E-state index is -0.846. The lowest BCUT2D eigenvalue weighted by Gasteiger charge is -2.37. The Morgan fingerprint density at radius 3 is 2.53 bits per heavy atom. The summed E-state index contributed by atoms with van der Waals surface area (Å²) in [4.78, 5) is 9.30. The van der Waals surface area contributed by atoms with Crippen molar-refractivity contribution in [1.82, 2.24) is 9.97 Å². The third kappa shape index (κ3) is 5.02. The fraction of sp³-hybridized carbons (Fsp3) is 0.435. The Bertz CT molecular complexity index is 964. The number of nitrogens with one attached hydrogen (secondary N) is 1. The van der Waals surface area contributed by atoms with E-state index in [0.29, 0.717) is 18.1 Å². The van der Waals surface area contributed by atoms with Gasteiger partial charge in [-0.3, -0.25) is 0 Å². The summed E-state index contributed by atoms with van der Waals surface area (Å²) in [5.74, 6) is -0.509. The Balaban J connectivity index is 2.07. The molecule has 1 N–H and O–H groups in total. The van der Waals surface area contributed by atoms with Crippen molar-refractivity contribution in [1.29, 1.82) is 5.26 Å². The van der Waals surface area contributed by atoms with Gasteiger partial charge in [0.1, 0.15) is 11.9 Å². The topological polar surface area (TPSA) is 80.1 Å². The lowest BCUT2D eigenvalue weighted by molar-refractivity contribution is -0.278. The van der Waals surface area contributed by atoms with Crippen LogP contribution in [0.2, 0.25) is 0 Å². The average molecular weight is 410 g/mol. The van der Waals surface area contributed by atoms with Gasteiger partial charge in [0.15, 0.2) is 5.79 Å². The molecule has 6 nitrogen and oxygen atoms in total. The zero-order chi connectivity index (χ0) is 21.9. The van der Waals surface area contributed by atoms with Crippen molar-refractivity contribution < 1.29 is 13.9 Å². The third-order valence-corrected chi connectivity index (χ3v) is 4.79. The molecule has 1 aromatic heterocycles. The van der Waals surface area contributed by atoms with Gasteiger partial charge in [0.05, 0.1) is 23.6 Å². The van der Waals surface area contributed by atoms with Crippen LogP contribution in [0.1, 0.15) is 51.3 Å². The highest BCUT2D eigenvalue weighted by molar-refractivity contribution is 5.74. The predicted octanol–water partition coefficient (Wildman–Crippen LogP) is 4.89. The van der Waals surface area contributed by atoms with Gasteiger partial charge in [-0.1, -0.05) is 26.0 Å². The highest BCUT2D eigenvalue weighted by Crippen LogP contribution is 2.32. The van der Waals surface area contributed by atoms with Crippen molar-refractivity contribution in [3.8, 4) is 17.3 Å². The van der Waals surface area contributed by atoms with Gasteiger partial charge in [-0.15, -0.1) is 0 Å². The first-order valence-electron chi connectivity index (χ1n) is 10.0. The van der Waals surface area contributed by atoms with Crippen LogP contribution in [0.15, 0.2) is 30.3 Å². The van der Waals surface area contributed by atoms with Gasteiger partial charge >= 0.3 is 0 Å². The van der Waals surface area contributed by atoms with Crippen LogP contribution < -0.4 is 5.32 Å². The molecule has 1 saturated heterocycles. The number of benzene rings is 1. The van der Waals surface area contributed by atoms with Crippen LogP contribution in [0, 0.1) is 17.1 Å². The molecule has 0 aliphatic carbocycles. The Hall–Kier alpha value is -2.82. The summed E-state index contributed by atoms with van der Waals surface area (Å²) >= 11 is 0. The number of rotatable bonds is 5. The molecule has 1 aromatic carbocycles. The molecule has 0 radical (unpaired) electrons. The van der Waals surface area contributed by atoms with Crippen molar-refractivity contribution in [3.63, 3.8) is 0 Å². The molecule has 1 fully saturated rings. The summed E-state index contributed by atoms with van der Waals surface area (Å²) < 4.78 is 25.1. The summed E-state index contributed by atoms with van der Waals surface area (Å²) in [6.45, 7) is 7.72. The molecule has 1 aliphatic rings. The summed E-state index contributed by atoms with van der Waals surface area (Å²) in [5.41, 5.74) is 3.21. The molecular weight excluding hydrogens is 383 g/mol. The third-order valence-electron chi connectivity index (χ3n) is 4.79. The smallest absolute Gasteiger partial charge is 0.223 e. The lowest BCUT2D eigenvalue weighted by Crippen LogP contribution is -2.43. The van der Waals surface area contributed by atoms with Gasteiger partial charge in [-0.2, -0.15) is 5.26 Å². The quantitative estimate of drug-likeness (QED) is 0.756. The fourth-order valence-corrected chi connectivity index (χ4v) is 3.47. The summed E-state index contributed by atoms with van der Waals surface area (Å²) in [6, 6.07) is 8.42. The number of nitrogens with zero attached hydrogens (tertiary/aromatic N) is 3. The standard InChI is InChI=1S/C23H27FN4O2/c1-14(2)20-19(11-10-17-12-18(13-25)30-23(3,4)29-17)21(28-22(26-5)27-20)15-6-8-16(24)9-7-15/h6-11,14,17-18H,12H2,1-5H3,(H,26,27,28)/b11-10+/t17-,18-/m1/s1. The molecule has 158 valence electrons. The van der Waals surface area contributed by atoms with Crippen molar-refractivity contribution in [2.24, 2.45) is 0 Å². The van der Waals surface area contributed by atoms with E-state index < -0.39 is 11.9 Å². The molecule has 0 saturated carbocycles. The van der Waals surface area contributed by atoms with Gasteiger partial charge in [-0.05, 0) is 44.0 Å². The second-order valence-corrected chi connectivity index (χ2v) is 7.99. The zero-order valence-corrected chi connectivity index (χ0v) is 17.9. The number of ether oxygens (including phenoxy) is 2. The number of anilines is 1. The predicted molar refractivity (Wildman–Crippen MR) is 114 cm³/mol. The van der Waals surface area contributed by atoms with Gasteiger partial charge in [0, 0.05) is 24.6 Å². The Kier molecular flexibility index (Phi) is 6.49. The van der Waals surface area contributed by atoms with E-state index in [1.807, 2.05) is 12.2 Å². The number of nitriles is 1. The van der Waals surface area contributed by atoms with Crippen LogP contribution in [-0.2, 0) is 9.47 Å². The highest BCUT2D eigenvalue weighted by Gasteiger charge is 2.34. The Morgan fingerprint density at radius 1 is 1.23 bits per heavy atom. The van der Waals surface area contributed by atoms with Crippen LogP contribution in [0.4, 0.5) is 10.3 Å². The zero-order valence-electron chi connectivity index (χ0n) is 17.9. The van der Waals surface area contributed by atoms with Crippen molar-refractivity contribution in [3.05, 3.63) is 47.4 Å². The SMILES string of the molecule is CNc1nc(-c2ccc(F)cc2)c(/C=C/[C@@H]2C[C@H](C#N)OC(C)(C)O2)c(C(C)C)n1. The molecule has 0 amide bonds. The van der Waals surface area contributed by atoms with E-state index in [0.717, 1.165) is 16.8 Å². The van der Waals surface area contributed by atoms with Crippen LogP contribution in [0.3, 0.4) is 0 Å². The molecule has 0 unspecified atom stereocenters. The average Bonchev–Trinajstić information content (AvgIpc) is 2.71. The van der Waals surface area contributed by atoms with E-state index in [2.05, 4.69) is 35.2 Å². The molecule has 30 heavy (non-hydrogen) atoms. The molecule has 7 heteroatoms. The number of hydrogen-bond donors (Lipinski definition) is 1. The van der Waals surface area contributed by atoms with Crippen molar-refractivity contribution in [2.75, 3.05) is 12.4 Å². The van der Waals surface area contributed by atoms with E-state index in [-0.39, 0.29) is 17.8 Å². The maximum atomic E-state index is 13.5. The minimum absolute atomic E-state index is 0.137. The van der Waals surface area contributed by atoms with E-state index in [4.69, 9.17) is 9.47 Å². The maximum absolute atomic E-state index is 13.5. The van der Waals surface area contributed by atoms with Gasteiger partial charge < -0.3 is 14.8 Å². The Morgan fingerprint density at radius 2 is 1.93 bits per heavy atom. The molecule has 0 spiro atoms. The van der Waals surface area contributed by atoms with Gasteiger partial charge in [-0.25, -0.2) is 14.4 Å². The minimum Gasteiger partial charge on any atom is -0.357 e. The van der Waals surface area contributed by atoms with Crippen LogP contribution in [-0.4, -0.2) is 35.0 Å². The molecular formula is C23H27FN4O2. The second-order valence-electron chi connectivity index (χ2n) is 7.99. The first-order valence-corrected chi connectivity index (χ1v) is 10.0. The van der Waals surface area contributed by atoms with Gasteiger partial charge in [0.2, 0.25) is 5.95 Å². The molecule has 2 atom stereocenters. The molecule has 3 rings (SSSR count). The van der Waals surface area contributed by atoms with Crippen molar-refractivity contribution in [2.45, 2.75) is 58.0 Å². The lowest BCUT2D eigenvalue weighted by atomic mass is 9.97. The normalized spacial score (nSPS) is 21.0. The number of halogens is 1. The van der Waals surface area contributed by atoms with E-state index in [1.54, 1.807) is 33.0 Å². The second kappa shape index (κ2) is 8.90. The monoisotopic (exact) mass is 410 g/mol. The number of hydrogen-bond acceptors (Lipinski definition) is 6. The van der Waals surface area contributed by atoms with E-state index in [1.165, 1.54) is 12.1 Å². The molecule has 1 aliphatic heterocycles. The van der Waals surface area contributed by atoms with E-state index in [9.17, 15) is 9.65 Å². The first kappa shape index (κ1) is 21.9. The fourth-order valence-electron chi connectivity index (χ4n) is 3.47. The summed E-state index contributed by atoms with van der Waals surface area (Å²) in [6.07, 6.45) is 3.48. The van der Waals surface area contributed by atoms with Crippen molar-refractivity contribution >= 4 is 12.0 Å². The first-order chi connectivity index (χ1) is 14.2. The molecule has 0 bridgehead atoms. The number of aromatic nitrogens is 2. The van der Waals surface area contributed by atoms with Crippen LogP contribution >= 0.6 is 0 Å². The van der Waals surface area contributed by atoms with Crippen LogP contribution in [0.25, 0.3) is 17.3 Å². The summed E-state index contributed by atoms with van der Waals surface area (Å²) in [7, 11) is 1.77. The maximum Gasteiger partial charge on any atom is 0.223 e. The Labute approximate surface area is 176 Å². The highest BCUT2D eigenvalue weighted by atomic mass is 19.1. The van der Waals surface area contributed by atoms with E-state index >= 15 is 0 Å². The van der Waals surface area contributed by atoms with Crippen LogP contribution in [0.5, 0.6) is 0 Å². The molecule has 2 aromatic rings. The summed E-state index contributed by atoms with van der Waals surface area (Å²) in [5, 5.41) is 12.3. The van der Waals surface area contributed by atoms with Gasteiger partial charge in [0.25, 0.3) is 0 Å². The molecule has 2 heterocycles.